The molecule has 0 saturated carbocycles. The summed E-state index contributed by atoms with van der Waals surface area (Å²) >= 11 is 0. The number of imidazole rings is 1. The van der Waals surface area contributed by atoms with Gasteiger partial charge in [0.05, 0.1) is 0 Å². The van der Waals surface area contributed by atoms with Crippen LogP contribution in [0, 0.1) is 0 Å². The number of hydrogen-bond acceptors (Lipinski definition) is 4. The Labute approximate surface area is 112 Å². The third kappa shape index (κ3) is 2.34. The Kier molecular flexibility index (Phi) is 2.88. The second-order valence-electron chi connectivity index (χ2n) is 3.97. The molecule has 20 heavy (non-hydrogen) atoms. The van der Waals surface area contributed by atoms with Crippen molar-refractivity contribution >= 4 is 28.7 Å². The Morgan fingerprint density at radius 3 is 2.65 bits per heavy atom. The third-order valence-corrected chi connectivity index (χ3v) is 2.58. The van der Waals surface area contributed by atoms with E-state index < -0.39 is 11.7 Å². The second-order valence-corrected chi connectivity index (χ2v) is 3.97. The molecule has 3 rings (SSSR count). The van der Waals surface area contributed by atoms with E-state index in [9.17, 15) is 9.59 Å². The summed E-state index contributed by atoms with van der Waals surface area (Å²) in [6.45, 7) is 0. The van der Waals surface area contributed by atoms with Gasteiger partial charge in [0.25, 0.3) is 0 Å². The van der Waals surface area contributed by atoms with E-state index in [0.717, 1.165) is 0 Å². The van der Waals surface area contributed by atoms with Crippen LogP contribution in [-0.2, 0) is 0 Å². The van der Waals surface area contributed by atoms with E-state index in [1.807, 2.05) is 18.2 Å². The largest absolute Gasteiger partial charge is 0.325 e. The average Bonchev–Trinajstić information content (AvgIpc) is 2.81. The lowest BCUT2D eigenvalue weighted by Crippen LogP contribution is -2.20. The Bertz CT molecular complexity index is 807. The molecule has 0 aliphatic heterocycles. The van der Waals surface area contributed by atoms with E-state index in [1.54, 1.807) is 12.1 Å². The summed E-state index contributed by atoms with van der Waals surface area (Å²) in [5.41, 5.74) is 0.922. The Hall–Kier alpha value is -3.16. The van der Waals surface area contributed by atoms with Gasteiger partial charge in [-0.3, -0.25) is 10.3 Å². The molecule has 0 spiro atoms. The van der Waals surface area contributed by atoms with Crippen molar-refractivity contribution < 1.29 is 4.79 Å². The van der Waals surface area contributed by atoms with E-state index >= 15 is 0 Å². The molecule has 4 N–H and O–H groups in total. The van der Waals surface area contributed by atoms with Gasteiger partial charge in [-0.25, -0.2) is 19.6 Å². The fraction of sp³-hybridized carbons (Fsp3) is 0. The topological polar surface area (TPSA) is 116 Å². The quantitative estimate of drug-likeness (QED) is 0.561. The fourth-order valence-corrected chi connectivity index (χ4v) is 1.74. The number of carbonyl (C=O) groups is 1. The molecule has 2 heterocycles. The minimum Gasteiger partial charge on any atom is -0.308 e. The first-order chi connectivity index (χ1) is 9.72. The summed E-state index contributed by atoms with van der Waals surface area (Å²) in [6.07, 6.45) is 1.25. The number of hydrogen-bond donors (Lipinski definition) is 4. The molecule has 0 saturated heterocycles. The molecule has 100 valence electrons. The molecule has 1 aromatic carbocycles. The maximum atomic E-state index is 11.8. The van der Waals surface area contributed by atoms with Crippen LogP contribution in [0.4, 0.5) is 16.3 Å². The van der Waals surface area contributed by atoms with Crippen LogP contribution in [0.5, 0.6) is 0 Å². The normalized spacial score (nSPS) is 10.4. The average molecular weight is 270 g/mol. The highest BCUT2D eigenvalue weighted by Crippen LogP contribution is 2.13. The molecular formula is C12H10N6O2. The molecule has 0 atom stereocenters. The summed E-state index contributed by atoms with van der Waals surface area (Å²) in [5, 5.41) is 5.20. The zero-order chi connectivity index (χ0) is 13.9. The van der Waals surface area contributed by atoms with Gasteiger partial charge in [0.1, 0.15) is 11.8 Å². The molecule has 0 bridgehead atoms. The predicted molar refractivity (Wildman–Crippen MR) is 73.6 cm³/mol. The molecular weight excluding hydrogens is 260 g/mol. The number of amides is 2. The van der Waals surface area contributed by atoms with Gasteiger partial charge >= 0.3 is 11.7 Å². The molecule has 8 nitrogen and oxygen atoms in total. The van der Waals surface area contributed by atoms with Crippen molar-refractivity contribution in [3.8, 4) is 0 Å². The van der Waals surface area contributed by atoms with Crippen LogP contribution in [0.3, 0.4) is 0 Å². The highest BCUT2D eigenvalue weighted by molar-refractivity contribution is 6.02. The predicted octanol–water partition coefficient (Wildman–Crippen LogP) is 1.29. The molecule has 0 fully saturated rings. The number of fused-ring (bicyclic) bond motifs is 1. The molecule has 0 unspecified atom stereocenters. The highest BCUT2D eigenvalue weighted by Gasteiger charge is 2.10. The molecule has 8 heteroatoms. The number of nitrogens with zero attached hydrogens (tertiary/aromatic N) is 2. The molecule has 2 aromatic heterocycles. The van der Waals surface area contributed by atoms with Crippen molar-refractivity contribution in [1.82, 2.24) is 19.9 Å². The smallest absolute Gasteiger partial charge is 0.308 e. The van der Waals surface area contributed by atoms with E-state index in [0.29, 0.717) is 16.9 Å². The van der Waals surface area contributed by atoms with Gasteiger partial charge in [-0.05, 0) is 12.1 Å². The van der Waals surface area contributed by atoms with Crippen LogP contribution in [-0.4, -0.2) is 26.0 Å². The standard InChI is InChI=1S/C12H10N6O2/c19-11(15-7-4-2-1-3-5-7)17-9-8-10(14-6-13-9)18-12(20)16-8/h1-6H,(H4,13,14,15,16,17,18,19,20). The Morgan fingerprint density at radius 2 is 1.85 bits per heavy atom. The van der Waals surface area contributed by atoms with Gasteiger partial charge in [-0.1, -0.05) is 18.2 Å². The number of aromatic nitrogens is 4. The second kappa shape index (κ2) is 4.84. The number of rotatable bonds is 2. The van der Waals surface area contributed by atoms with Gasteiger partial charge in [-0.2, -0.15) is 0 Å². The van der Waals surface area contributed by atoms with Crippen molar-refractivity contribution in [2.24, 2.45) is 0 Å². The van der Waals surface area contributed by atoms with E-state index in [2.05, 4.69) is 30.6 Å². The van der Waals surface area contributed by atoms with Crippen molar-refractivity contribution in [3.63, 3.8) is 0 Å². The first kappa shape index (κ1) is 11.9. The minimum absolute atomic E-state index is 0.224. The molecule has 3 aromatic rings. The first-order valence-electron chi connectivity index (χ1n) is 5.78. The monoisotopic (exact) mass is 270 g/mol. The number of aromatic amines is 2. The number of urea groups is 1. The maximum absolute atomic E-state index is 11.8. The molecule has 0 aliphatic carbocycles. The van der Waals surface area contributed by atoms with Gasteiger partial charge in [0.15, 0.2) is 11.5 Å². The summed E-state index contributed by atoms with van der Waals surface area (Å²) in [6, 6.07) is 8.52. The van der Waals surface area contributed by atoms with Crippen LogP contribution in [0.1, 0.15) is 0 Å². The van der Waals surface area contributed by atoms with Crippen LogP contribution < -0.4 is 16.3 Å². The fourth-order valence-electron chi connectivity index (χ4n) is 1.74. The number of para-hydroxylation sites is 1. The minimum atomic E-state index is -0.460. The van der Waals surface area contributed by atoms with Crippen LogP contribution in [0.25, 0.3) is 11.2 Å². The number of anilines is 2. The van der Waals surface area contributed by atoms with E-state index in [1.165, 1.54) is 6.33 Å². The van der Waals surface area contributed by atoms with Crippen LogP contribution >= 0.6 is 0 Å². The lowest BCUT2D eigenvalue weighted by Gasteiger charge is -2.06. The van der Waals surface area contributed by atoms with Crippen molar-refractivity contribution in [2.75, 3.05) is 10.6 Å². The first-order valence-corrected chi connectivity index (χ1v) is 5.78. The van der Waals surface area contributed by atoms with E-state index in [4.69, 9.17) is 0 Å². The Morgan fingerprint density at radius 1 is 1.05 bits per heavy atom. The van der Waals surface area contributed by atoms with Crippen molar-refractivity contribution in [1.29, 1.82) is 0 Å². The summed E-state index contributed by atoms with van der Waals surface area (Å²) in [7, 11) is 0. The molecule has 0 radical (unpaired) electrons. The van der Waals surface area contributed by atoms with Crippen molar-refractivity contribution in [2.45, 2.75) is 0 Å². The third-order valence-electron chi connectivity index (χ3n) is 2.58. The number of H-pyrrole nitrogens is 2. The Balaban J connectivity index is 1.82. The van der Waals surface area contributed by atoms with Gasteiger partial charge in [0.2, 0.25) is 0 Å². The zero-order valence-corrected chi connectivity index (χ0v) is 10.2. The lowest BCUT2D eigenvalue weighted by molar-refractivity contribution is 0.262. The van der Waals surface area contributed by atoms with Crippen LogP contribution in [0.2, 0.25) is 0 Å². The number of nitrogens with one attached hydrogen (secondary N) is 4. The van der Waals surface area contributed by atoms with Crippen molar-refractivity contribution in [3.05, 3.63) is 47.1 Å². The molecule has 0 aliphatic rings. The van der Waals surface area contributed by atoms with Gasteiger partial charge < -0.3 is 10.3 Å². The van der Waals surface area contributed by atoms with Gasteiger partial charge in [0, 0.05) is 5.69 Å². The maximum Gasteiger partial charge on any atom is 0.325 e. The summed E-state index contributed by atoms with van der Waals surface area (Å²) in [5.74, 6) is 0.224. The zero-order valence-electron chi connectivity index (χ0n) is 10.2. The number of benzene rings is 1. The van der Waals surface area contributed by atoms with E-state index in [-0.39, 0.29) is 5.82 Å². The van der Waals surface area contributed by atoms with Crippen LogP contribution in [0.15, 0.2) is 41.5 Å². The summed E-state index contributed by atoms with van der Waals surface area (Å²) in [4.78, 5) is 35.9. The lowest BCUT2D eigenvalue weighted by atomic mass is 10.3. The highest BCUT2D eigenvalue weighted by atomic mass is 16.2. The van der Waals surface area contributed by atoms with Gasteiger partial charge in [-0.15, -0.1) is 0 Å². The summed E-state index contributed by atoms with van der Waals surface area (Å²) < 4.78 is 0. The number of carbonyl (C=O) groups excluding carboxylic acids is 1. The SMILES string of the molecule is O=C(Nc1ccccc1)Nc1ncnc2[nH]c(=O)[nH]c12. The molecule has 2 amide bonds.